The molecular weight excluding hydrogens is 246 g/mol. The Morgan fingerprint density at radius 1 is 1.10 bits per heavy atom. The lowest BCUT2D eigenvalue weighted by atomic mass is 9.96. The fourth-order valence-corrected chi connectivity index (χ4v) is 2.76. The van der Waals surface area contributed by atoms with E-state index in [1.807, 2.05) is 0 Å². The minimum atomic E-state index is 0.286. The van der Waals surface area contributed by atoms with Crippen LogP contribution < -0.4 is 5.32 Å². The molecule has 0 bridgehead atoms. The molecule has 0 heterocycles. The van der Waals surface area contributed by atoms with Crippen LogP contribution in [0, 0.1) is 0 Å². The molecule has 20 heavy (non-hydrogen) atoms. The molecule has 0 spiro atoms. The summed E-state index contributed by atoms with van der Waals surface area (Å²) in [4.78, 5) is 0. The molecule has 2 unspecified atom stereocenters. The number of hydrogen-bond donors (Lipinski definition) is 1. The monoisotopic (exact) mass is 271 g/mol. The zero-order valence-corrected chi connectivity index (χ0v) is 12.7. The Labute approximate surface area is 122 Å². The molecule has 0 aliphatic heterocycles. The molecule has 0 amide bonds. The molecule has 2 atom stereocenters. The lowest BCUT2D eigenvalue weighted by molar-refractivity contribution is 0.101. The van der Waals surface area contributed by atoms with Crippen molar-refractivity contribution < 1.29 is 4.74 Å². The van der Waals surface area contributed by atoms with Gasteiger partial charge in [0.15, 0.2) is 0 Å². The average Bonchev–Trinajstić information content (AvgIpc) is 2.47. The van der Waals surface area contributed by atoms with Gasteiger partial charge in [0.25, 0.3) is 0 Å². The van der Waals surface area contributed by atoms with E-state index >= 15 is 0 Å². The standard InChI is InChI=1S/C18H25NO/c1-4-19-17(12-14(2)20-3)13-16-10-7-9-15-8-5-6-11-18(15)16/h5-11,14,17,19H,4,12-13H2,1-3H3. The number of ether oxygens (including phenoxy) is 1. The summed E-state index contributed by atoms with van der Waals surface area (Å²) in [5.41, 5.74) is 1.41. The molecule has 0 aromatic heterocycles. The van der Waals surface area contributed by atoms with Crippen LogP contribution in [-0.2, 0) is 11.2 Å². The van der Waals surface area contributed by atoms with Crippen molar-refractivity contribution in [2.75, 3.05) is 13.7 Å². The Bertz CT molecular complexity index is 532. The van der Waals surface area contributed by atoms with Gasteiger partial charge in [-0.15, -0.1) is 0 Å². The van der Waals surface area contributed by atoms with Crippen LogP contribution in [0.5, 0.6) is 0 Å². The van der Waals surface area contributed by atoms with Crippen molar-refractivity contribution in [2.45, 2.75) is 38.8 Å². The summed E-state index contributed by atoms with van der Waals surface area (Å²) in [5.74, 6) is 0. The van der Waals surface area contributed by atoms with Gasteiger partial charge in [0, 0.05) is 13.2 Å². The summed E-state index contributed by atoms with van der Waals surface area (Å²) in [5, 5.41) is 6.26. The summed E-state index contributed by atoms with van der Waals surface area (Å²) >= 11 is 0. The van der Waals surface area contributed by atoms with Crippen molar-refractivity contribution in [3.63, 3.8) is 0 Å². The number of likely N-dealkylation sites (N-methyl/N-ethyl adjacent to an activating group) is 1. The molecule has 2 nitrogen and oxygen atoms in total. The van der Waals surface area contributed by atoms with Crippen LogP contribution >= 0.6 is 0 Å². The van der Waals surface area contributed by atoms with E-state index in [0.717, 1.165) is 19.4 Å². The number of nitrogens with one attached hydrogen (secondary N) is 1. The van der Waals surface area contributed by atoms with E-state index in [1.54, 1.807) is 7.11 Å². The number of hydrogen-bond acceptors (Lipinski definition) is 2. The molecule has 2 aromatic carbocycles. The van der Waals surface area contributed by atoms with Crippen LogP contribution in [0.3, 0.4) is 0 Å². The molecule has 0 saturated heterocycles. The van der Waals surface area contributed by atoms with Crippen molar-refractivity contribution >= 4 is 10.8 Å². The highest BCUT2D eigenvalue weighted by atomic mass is 16.5. The third kappa shape index (κ3) is 3.81. The van der Waals surface area contributed by atoms with E-state index in [0.29, 0.717) is 6.04 Å². The second kappa shape index (κ2) is 7.41. The Morgan fingerprint density at radius 2 is 1.85 bits per heavy atom. The van der Waals surface area contributed by atoms with Gasteiger partial charge in [0.2, 0.25) is 0 Å². The summed E-state index contributed by atoms with van der Waals surface area (Å²) in [7, 11) is 1.78. The third-order valence-corrected chi connectivity index (χ3v) is 3.86. The Balaban J connectivity index is 2.19. The Morgan fingerprint density at radius 3 is 2.60 bits per heavy atom. The summed E-state index contributed by atoms with van der Waals surface area (Å²) in [6, 6.07) is 15.6. The summed E-state index contributed by atoms with van der Waals surface area (Å²) < 4.78 is 5.41. The van der Waals surface area contributed by atoms with Gasteiger partial charge < -0.3 is 10.1 Å². The maximum Gasteiger partial charge on any atom is 0.0558 e. The number of rotatable bonds is 7. The maximum absolute atomic E-state index is 5.41. The van der Waals surface area contributed by atoms with E-state index in [4.69, 9.17) is 4.74 Å². The number of methoxy groups -OCH3 is 1. The topological polar surface area (TPSA) is 21.3 Å². The van der Waals surface area contributed by atoms with E-state index in [9.17, 15) is 0 Å². The zero-order valence-electron chi connectivity index (χ0n) is 12.7. The van der Waals surface area contributed by atoms with Crippen molar-refractivity contribution in [1.82, 2.24) is 5.32 Å². The van der Waals surface area contributed by atoms with Crippen LogP contribution in [0.2, 0.25) is 0 Å². The minimum Gasteiger partial charge on any atom is -0.382 e. The highest BCUT2D eigenvalue weighted by molar-refractivity contribution is 5.85. The second-order valence-electron chi connectivity index (χ2n) is 5.38. The molecule has 2 heteroatoms. The van der Waals surface area contributed by atoms with Crippen molar-refractivity contribution in [3.8, 4) is 0 Å². The first-order valence-electron chi connectivity index (χ1n) is 7.47. The van der Waals surface area contributed by atoms with Crippen molar-refractivity contribution in [1.29, 1.82) is 0 Å². The lowest BCUT2D eigenvalue weighted by Gasteiger charge is -2.22. The molecule has 0 saturated carbocycles. The fourth-order valence-electron chi connectivity index (χ4n) is 2.76. The van der Waals surface area contributed by atoms with Crippen LogP contribution in [0.1, 0.15) is 25.8 Å². The van der Waals surface area contributed by atoms with Gasteiger partial charge in [-0.1, -0.05) is 49.4 Å². The first-order chi connectivity index (χ1) is 9.74. The Hall–Kier alpha value is -1.38. The molecule has 0 aliphatic carbocycles. The Kier molecular flexibility index (Phi) is 5.57. The molecule has 108 valence electrons. The van der Waals surface area contributed by atoms with Gasteiger partial charge in [0.05, 0.1) is 6.10 Å². The van der Waals surface area contributed by atoms with Gasteiger partial charge in [-0.2, -0.15) is 0 Å². The van der Waals surface area contributed by atoms with E-state index < -0.39 is 0 Å². The maximum atomic E-state index is 5.41. The lowest BCUT2D eigenvalue weighted by Crippen LogP contribution is -2.34. The van der Waals surface area contributed by atoms with Crippen molar-refractivity contribution in [2.24, 2.45) is 0 Å². The summed E-state index contributed by atoms with van der Waals surface area (Å²) in [6.07, 6.45) is 2.37. The van der Waals surface area contributed by atoms with Crippen LogP contribution in [0.4, 0.5) is 0 Å². The highest BCUT2D eigenvalue weighted by Crippen LogP contribution is 2.20. The normalized spacial score (nSPS) is 14.3. The van der Waals surface area contributed by atoms with E-state index in [2.05, 4.69) is 61.6 Å². The quantitative estimate of drug-likeness (QED) is 0.827. The third-order valence-electron chi connectivity index (χ3n) is 3.86. The van der Waals surface area contributed by atoms with Gasteiger partial charge in [-0.05, 0) is 42.6 Å². The molecule has 2 rings (SSSR count). The van der Waals surface area contributed by atoms with Crippen LogP contribution in [-0.4, -0.2) is 25.8 Å². The zero-order chi connectivity index (χ0) is 14.4. The fraction of sp³-hybridized carbons (Fsp3) is 0.444. The molecule has 1 N–H and O–H groups in total. The van der Waals surface area contributed by atoms with Crippen LogP contribution in [0.25, 0.3) is 10.8 Å². The predicted octanol–water partition coefficient (Wildman–Crippen LogP) is 3.79. The summed E-state index contributed by atoms with van der Waals surface area (Å²) in [6.45, 7) is 5.28. The first-order valence-corrected chi connectivity index (χ1v) is 7.47. The number of benzene rings is 2. The largest absolute Gasteiger partial charge is 0.382 e. The molecule has 2 aromatic rings. The predicted molar refractivity (Wildman–Crippen MR) is 86.2 cm³/mol. The van der Waals surface area contributed by atoms with Crippen LogP contribution in [0.15, 0.2) is 42.5 Å². The SMILES string of the molecule is CCNC(Cc1cccc2ccccc12)CC(C)OC. The molecule has 0 aliphatic rings. The molecule has 0 fully saturated rings. The van der Waals surface area contributed by atoms with Crippen molar-refractivity contribution in [3.05, 3.63) is 48.0 Å². The first kappa shape index (κ1) is 15.0. The van der Waals surface area contributed by atoms with Gasteiger partial charge in [-0.25, -0.2) is 0 Å². The van der Waals surface area contributed by atoms with E-state index in [1.165, 1.54) is 16.3 Å². The average molecular weight is 271 g/mol. The number of fused-ring (bicyclic) bond motifs is 1. The van der Waals surface area contributed by atoms with E-state index in [-0.39, 0.29) is 6.10 Å². The highest BCUT2D eigenvalue weighted by Gasteiger charge is 2.13. The molecule has 0 radical (unpaired) electrons. The second-order valence-corrected chi connectivity index (χ2v) is 5.38. The van der Waals surface area contributed by atoms with Gasteiger partial charge in [0.1, 0.15) is 0 Å². The van der Waals surface area contributed by atoms with Gasteiger partial charge >= 0.3 is 0 Å². The smallest absolute Gasteiger partial charge is 0.0558 e. The van der Waals surface area contributed by atoms with Gasteiger partial charge in [-0.3, -0.25) is 0 Å². The molecular formula is C18H25NO. The minimum absolute atomic E-state index is 0.286.